The highest BCUT2D eigenvalue weighted by molar-refractivity contribution is 6.35. The van der Waals surface area contributed by atoms with Gasteiger partial charge < -0.3 is 20.1 Å². The Morgan fingerprint density at radius 1 is 1.22 bits per heavy atom. The van der Waals surface area contributed by atoms with Crippen molar-refractivity contribution in [1.82, 2.24) is 19.5 Å². The zero-order valence-corrected chi connectivity index (χ0v) is 21.7. The SMILES string of the molecule is C=CC(=O)N1CCCC(c2c(Cl)c(-c3ccc(Oc4cccc(Cl)c4)c(OC)c3)c3c(N)ncnn23)C1. The monoisotopic (exact) mass is 537 g/mol. The molecule has 4 aromatic rings. The maximum absolute atomic E-state index is 12.3. The van der Waals surface area contributed by atoms with Crippen LogP contribution in [0.2, 0.25) is 10.0 Å². The highest BCUT2D eigenvalue weighted by Crippen LogP contribution is 2.45. The molecule has 0 saturated carbocycles. The van der Waals surface area contributed by atoms with Gasteiger partial charge in [-0.15, -0.1) is 0 Å². The van der Waals surface area contributed by atoms with Gasteiger partial charge in [0.05, 0.1) is 17.8 Å². The summed E-state index contributed by atoms with van der Waals surface area (Å²) in [5.74, 6) is 1.77. The highest BCUT2D eigenvalue weighted by Gasteiger charge is 2.31. The molecule has 1 unspecified atom stereocenters. The highest BCUT2D eigenvalue weighted by atomic mass is 35.5. The van der Waals surface area contributed by atoms with E-state index >= 15 is 0 Å². The van der Waals surface area contributed by atoms with E-state index in [9.17, 15) is 4.79 Å². The van der Waals surface area contributed by atoms with E-state index in [1.807, 2.05) is 24.3 Å². The van der Waals surface area contributed by atoms with Crippen LogP contribution in [-0.2, 0) is 4.79 Å². The molecule has 0 bridgehead atoms. The number of nitrogen functional groups attached to an aromatic ring is 1. The van der Waals surface area contributed by atoms with E-state index in [2.05, 4.69) is 16.7 Å². The fourth-order valence-corrected chi connectivity index (χ4v) is 5.43. The van der Waals surface area contributed by atoms with Crippen molar-refractivity contribution >= 4 is 40.4 Å². The molecule has 2 aromatic heterocycles. The van der Waals surface area contributed by atoms with Crippen LogP contribution in [0.15, 0.2) is 61.4 Å². The maximum Gasteiger partial charge on any atom is 0.245 e. The second-order valence-electron chi connectivity index (χ2n) is 8.73. The number of likely N-dealkylation sites (tertiary alicyclic amines) is 1. The van der Waals surface area contributed by atoms with Crippen molar-refractivity contribution < 1.29 is 14.3 Å². The molecular weight excluding hydrogens is 513 g/mol. The summed E-state index contributed by atoms with van der Waals surface area (Å²) in [5, 5.41) is 5.57. The summed E-state index contributed by atoms with van der Waals surface area (Å²) < 4.78 is 13.4. The van der Waals surface area contributed by atoms with Crippen molar-refractivity contribution in [3.63, 3.8) is 0 Å². The molecule has 1 saturated heterocycles. The summed E-state index contributed by atoms with van der Waals surface area (Å²) in [6.07, 6.45) is 4.44. The van der Waals surface area contributed by atoms with Crippen LogP contribution in [0.1, 0.15) is 24.5 Å². The van der Waals surface area contributed by atoms with Gasteiger partial charge in [-0.05, 0) is 54.8 Å². The van der Waals surface area contributed by atoms with Crippen molar-refractivity contribution in [3.8, 4) is 28.4 Å². The second kappa shape index (κ2) is 10.3. The van der Waals surface area contributed by atoms with Gasteiger partial charge in [0, 0.05) is 29.6 Å². The molecule has 1 atom stereocenters. The van der Waals surface area contributed by atoms with Gasteiger partial charge >= 0.3 is 0 Å². The summed E-state index contributed by atoms with van der Waals surface area (Å²) >= 11 is 13.2. The molecule has 8 nitrogen and oxygen atoms in total. The van der Waals surface area contributed by atoms with E-state index < -0.39 is 0 Å². The molecule has 1 aliphatic heterocycles. The number of anilines is 1. The standard InChI is InChI=1S/C27H25Cl2N5O3/c1-3-22(35)33-11-5-6-17(14-33)25-24(29)23(26-27(30)31-15-32-34(25)26)16-9-10-20(21(12-16)36-2)37-19-8-4-7-18(28)13-19/h3-4,7-10,12-13,15,17H,1,5-6,11,14H2,2H3,(H2,30,31,32). The zero-order chi connectivity index (χ0) is 26.1. The topological polar surface area (TPSA) is 95.0 Å². The van der Waals surface area contributed by atoms with Crippen LogP contribution >= 0.6 is 23.2 Å². The molecule has 3 heterocycles. The van der Waals surface area contributed by atoms with Crippen LogP contribution in [0, 0.1) is 0 Å². The van der Waals surface area contributed by atoms with Gasteiger partial charge in [0.1, 0.15) is 17.6 Å². The molecular formula is C27H25Cl2N5O3. The van der Waals surface area contributed by atoms with Gasteiger partial charge in [-0.2, -0.15) is 5.10 Å². The first-order chi connectivity index (χ1) is 17.9. The maximum atomic E-state index is 12.3. The molecule has 37 heavy (non-hydrogen) atoms. The van der Waals surface area contributed by atoms with Gasteiger partial charge in [0.15, 0.2) is 17.3 Å². The van der Waals surface area contributed by atoms with Crippen molar-refractivity contribution in [3.05, 3.63) is 77.2 Å². The number of nitrogens with zero attached hydrogens (tertiary/aromatic N) is 4. The average Bonchev–Trinajstić information content (AvgIpc) is 3.21. The minimum Gasteiger partial charge on any atom is -0.493 e. The Balaban J connectivity index is 1.60. The van der Waals surface area contributed by atoms with Crippen LogP contribution in [0.3, 0.4) is 0 Å². The summed E-state index contributed by atoms with van der Waals surface area (Å²) in [6.45, 7) is 4.81. The lowest BCUT2D eigenvalue weighted by atomic mass is 9.94. The van der Waals surface area contributed by atoms with Crippen molar-refractivity contribution in [2.24, 2.45) is 0 Å². The number of benzene rings is 2. The Labute approximate surface area is 224 Å². The van der Waals surface area contributed by atoms with Crippen molar-refractivity contribution in [1.29, 1.82) is 0 Å². The molecule has 1 fully saturated rings. The van der Waals surface area contributed by atoms with Crippen LogP contribution in [0.4, 0.5) is 5.82 Å². The zero-order valence-electron chi connectivity index (χ0n) is 20.2. The number of rotatable bonds is 6. The van der Waals surface area contributed by atoms with Gasteiger partial charge in [-0.1, -0.05) is 41.9 Å². The Hall–Kier alpha value is -3.75. The van der Waals surface area contributed by atoms with Crippen LogP contribution < -0.4 is 15.2 Å². The first kappa shape index (κ1) is 24.9. The lowest BCUT2D eigenvalue weighted by molar-refractivity contribution is -0.127. The molecule has 0 aliphatic carbocycles. The summed E-state index contributed by atoms with van der Waals surface area (Å²) in [4.78, 5) is 18.3. The van der Waals surface area contributed by atoms with E-state index in [0.717, 1.165) is 24.1 Å². The van der Waals surface area contributed by atoms with Gasteiger partial charge in [0.25, 0.3) is 0 Å². The predicted octanol–water partition coefficient (Wildman–Crippen LogP) is 5.98. The fourth-order valence-electron chi connectivity index (χ4n) is 4.82. The number of carbonyl (C=O) groups excluding carboxylic acids is 1. The first-order valence-electron chi connectivity index (χ1n) is 11.7. The van der Waals surface area contributed by atoms with E-state index in [4.69, 9.17) is 38.4 Å². The largest absolute Gasteiger partial charge is 0.493 e. The van der Waals surface area contributed by atoms with Crippen molar-refractivity contribution in [2.75, 3.05) is 25.9 Å². The second-order valence-corrected chi connectivity index (χ2v) is 9.55. The number of piperidine rings is 1. The number of carbonyl (C=O) groups is 1. The van der Waals surface area contributed by atoms with E-state index in [1.165, 1.54) is 12.4 Å². The van der Waals surface area contributed by atoms with Crippen LogP contribution in [0.25, 0.3) is 16.6 Å². The van der Waals surface area contributed by atoms with Crippen LogP contribution in [0.5, 0.6) is 17.2 Å². The predicted molar refractivity (Wildman–Crippen MR) is 145 cm³/mol. The molecule has 2 aromatic carbocycles. The summed E-state index contributed by atoms with van der Waals surface area (Å²) in [7, 11) is 1.57. The number of halogens is 2. The molecule has 5 rings (SSSR count). The molecule has 1 amide bonds. The number of fused-ring (bicyclic) bond motifs is 1. The molecule has 2 N–H and O–H groups in total. The lowest BCUT2D eigenvalue weighted by Crippen LogP contribution is -2.38. The Morgan fingerprint density at radius 3 is 2.81 bits per heavy atom. The number of ether oxygens (including phenoxy) is 2. The molecule has 10 heteroatoms. The number of nitrogens with two attached hydrogens (primary N) is 1. The third-order valence-corrected chi connectivity index (χ3v) is 7.12. The molecule has 0 radical (unpaired) electrons. The smallest absolute Gasteiger partial charge is 0.245 e. The number of hydrogen-bond donors (Lipinski definition) is 1. The van der Waals surface area contributed by atoms with Crippen LogP contribution in [-0.4, -0.2) is 45.6 Å². The third-order valence-electron chi connectivity index (χ3n) is 6.50. The average molecular weight is 538 g/mol. The molecule has 0 spiro atoms. The minimum absolute atomic E-state index is 0.0342. The number of amides is 1. The first-order valence-corrected chi connectivity index (χ1v) is 12.5. The van der Waals surface area contributed by atoms with Crippen molar-refractivity contribution in [2.45, 2.75) is 18.8 Å². The lowest BCUT2D eigenvalue weighted by Gasteiger charge is -2.32. The summed E-state index contributed by atoms with van der Waals surface area (Å²) in [5.41, 5.74) is 9.19. The summed E-state index contributed by atoms with van der Waals surface area (Å²) in [6, 6.07) is 12.6. The third kappa shape index (κ3) is 4.70. The fraction of sp³-hybridized carbons (Fsp3) is 0.222. The molecule has 1 aliphatic rings. The number of methoxy groups -OCH3 is 1. The van der Waals surface area contributed by atoms with Gasteiger partial charge in [-0.3, -0.25) is 4.79 Å². The van der Waals surface area contributed by atoms with Gasteiger partial charge in [0.2, 0.25) is 5.91 Å². The molecule has 190 valence electrons. The Bertz CT molecular complexity index is 1500. The van der Waals surface area contributed by atoms with E-state index in [0.29, 0.717) is 57.3 Å². The van der Waals surface area contributed by atoms with Gasteiger partial charge in [-0.25, -0.2) is 9.50 Å². The number of aromatic nitrogens is 3. The Morgan fingerprint density at radius 2 is 2.05 bits per heavy atom. The van der Waals surface area contributed by atoms with E-state index in [-0.39, 0.29) is 11.8 Å². The minimum atomic E-state index is -0.101. The Kier molecular flexibility index (Phi) is 6.95. The quantitative estimate of drug-likeness (QED) is 0.304. The number of hydrogen-bond acceptors (Lipinski definition) is 6. The normalized spacial score (nSPS) is 15.5. The van der Waals surface area contributed by atoms with E-state index in [1.54, 1.807) is 34.7 Å².